The van der Waals surface area contributed by atoms with Crippen molar-refractivity contribution in [3.05, 3.63) is 42.2 Å². The highest BCUT2D eigenvalue weighted by Gasteiger charge is 2.37. The lowest BCUT2D eigenvalue weighted by Gasteiger charge is -2.50. The van der Waals surface area contributed by atoms with Crippen molar-refractivity contribution in [2.24, 2.45) is 0 Å². The van der Waals surface area contributed by atoms with Gasteiger partial charge < -0.3 is 5.32 Å². The summed E-state index contributed by atoms with van der Waals surface area (Å²) < 4.78 is 0. The molecule has 5 rings (SSSR count). The van der Waals surface area contributed by atoms with Gasteiger partial charge in [0.05, 0.1) is 0 Å². The molecule has 0 aliphatic carbocycles. The van der Waals surface area contributed by atoms with Crippen LogP contribution in [0.4, 0.5) is 0 Å². The average Bonchev–Trinajstić information content (AvgIpc) is 2.57. The number of hydrogen-bond donors (Lipinski definition) is 1. The van der Waals surface area contributed by atoms with Crippen LogP contribution in [0.25, 0.3) is 10.8 Å². The van der Waals surface area contributed by atoms with E-state index >= 15 is 0 Å². The van der Waals surface area contributed by atoms with E-state index in [9.17, 15) is 0 Å². The molecule has 0 amide bonds. The molecule has 3 aliphatic rings. The van der Waals surface area contributed by atoms with Crippen molar-refractivity contribution in [2.45, 2.75) is 12.1 Å². The van der Waals surface area contributed by atoms with Crippen LogP contribution in [0, 0.1) is 0 Å². The second-order valence-electron chi connectivity index (χ2n) is 6.11. The lowest BCUT2D eigenvalue weighted by atomic mass is 9.91. The summed E-state index contributed by atoms with van der Waals surface area (Å²) in [6.45, 7) is 6.04. The van der Waals surface area contributed by atoms with Crippen molar-refractivity contribution < 1.29 is 0 Å². The summed E-state index contributed by atoms with van der Waals surface area (Å²) in [4.78, 5) is 9.50. The minimum atomic E-state index is 0.374. The number of rotatable bonds is 3. The number of fused-ring (bicyclic) bond motifs is 4. The van der Waals surface area contributed by atoms with Crippen LogP contribution in [0.3, 0.4) is 0 Å². The number of aromatic nitrogens is 1. The topological polar surface area (TPSA) is 31.4 Å². The zero-order chi connectivity index (χ0) is 14.2. The molecule has 0 saturated carbocycles. The quantitative estimate of drug-likeness (QED) is 0.924. The molecule has 2 aromatic rings. The third-order valence-electron chi connectivity index (χ3n) is 5.07. The van der Waals surface area contributed by atoms with Crippen molar-refractivity contribution in [1.82, 2.24) is 20.1 Å². The van der Waals surface area contributed by atoms with Crippen LogP contribution >= 0.6 is 0 Å². The number of pyridine rings is 1. The summed E-state index contributed by atoms with van der Waals surface area (Å²) in [5, 5.41) is 6.13. The lowest BCUT2D eigenvalue weighted by molar-refractivity contribution is -0.00233. The van der Waals surface area contributed by atoms with Crippen LogP contribution in [0.2, 0.25) is 0 Å². The number of hydrogen-bond acceptors (Lipinski definition) is 4. The van der Waals surface area contributed by atoms with Crippen LogP contribution in [0.15, 0.2) is 36.7 Å². The maximum Gasteiger partial charge on any atom is 0.0494 e. The number of nitrogens with one attached hydrogen (secondary N) is 1. The van der Waals surface area contributed by atoms with Gasteiger partial charge >= 0.3 is 0 Å². The first-order chi connectivity index (χ1) is 10.4. The van der Waals surface area contributed by atoms with Gasteiger partial charge in [-0.3, -0.25) is 14.8 Å². The third-order valence-corrected chi connectivity index (χ3v) is 5.07. The molecule has 2 unspecified atom stereocenters. The Morgan fingerprint density at radius 3 is 2.76 bits per heavy atom. The van der Waals surface area contributed by atoms with Crippen molar-refractivity contribution in [3.8, 4) is 0 Å². The molecule has 1 aromatic carbocycles. The van der Waals surface area contributed by atoms with Gasteiger partial charge in [-0.1, -0.05) is 18.2 Å². The SMILES string of the molecule is CNC(c1cccc2cnccc12)C1CN2CCN1CC2. The fourth-order valence-electron chi connectivity index (χ4n) is 3.95. The van der Waals surface area contributed by atoms with Gasteiger partial charge in [-0.25, -0.2) is 0 Å². The van der Waals surface area contributed by atoms with Gasteiger partial charge in [0, 0.05) is 62.6 Å². The smallest absolute Gasteiger partial charge is 0.0494 e. The van der Waals surface area contributed by atoms with Gasteiger partial charge in [0.15, 0.2) is 0 Å². The molecule has 2 bridgehead atoms. The van der Waals surface area contributed by atoms with Gasteiger partial charge in [0.25, 0.3) is 0 Å². The highest BCUT2D eigenvalue weighted by atomic mass is 15.4. The first-order valence-corrected chi connectivity index (χ1v) is 7.83. The maximum atomic E-state index is 4.25. The Morgan fingerprint density at radius 2 is 2.05 bits per heavy atom. The van der Waals surface area contributed by atoms with E-state index in [1.54, 1.807) is 0 Å². The third kappa shape index (κ3) is 2.24. The zero-order valence-corrected chi connectivity index (χ0v) is 12.5. The van der Waals surface area contributed by atoms with Gasteiger partial charge in [-0.2, -0.15) is 0 Å². The van der Waals surface area contributed by atoms with Gasteiger partial charge in [-0.05, 0) is 24.1 Å². The summed E-state index contributed by atoms with van der Waals surface area (Å²) in [6.07, 6.45) is 3.86. The van der Waals surface area contributed by atoms with Crippen LogP contribution in [-0.4, -0.2) is 60.6 Å². The van der Waals surface area contributed by atoms with E-state index in [4.69, 9.17) is 0 Å². The first kappa shape index (κ1) is 13.2. The average molecular weight is 282 g/mol. The molecular formula is C17H22N4. The minimum absolute atomic E-state index is 0.374. The minimum Gasteiger partial charge on any atom is -0.312 e. The van der Waals surface area contributed by atoms with E-state index in [0.29, 0.717) is 12.1 Å². The van der Waals surface area contributed by atoms with E-state index in [2.05, 4.69) is 51.4 Å². The molecule has 3 fully saturated rings. The maximum absolute atomic E-state index is 4.25. The van der Waals surface area contributed by atoms with E-state index in [-0.39, 0.29) is 0 Å². The summed E-state index contributed by atoms with van der Waals surface area (Å²) in [5.41, 5.74) is 1.40. The van der Waals surface area contributed by atoms with Crippen molar-refractivity contribution in [3.63, 3.8) is 0 Å². The molecule has 4 heterocycles. The van der Waals surface area contributed by atoms with E-state index in [1.807, 2.05) is 12.4 Å². The highest BCUT2D eigenvalue weighted by Crippen LogP contribution is 2.31. The summed E-state index contributed by atoms with van der Waals surface area (Å²) in [7, 11) is 2.09. The molecule has 4 heteroatoms. The number of nitrogens with zero attached hydrogens (tertiary/aromatic N) is 3. The Bertz CT molecular complexity index is 628. The number of benzene rings is 1. The number of likely N-dealkylation sites (N-methyl/N-ethyl adjacent to an activating group) is 1. The van der Waals surface area contributed by atoms with Crippen molar-refractivity contribution in [1.29, 1.82) is 0 Å². The van der Waals surface area contributed by atoms with Crippen LogP contribution < -0.4 is 5.32 Å². The van der Waals surface area contributed by atoms with E-state index in [1.165, 1.54) is 49.1 Å². The molecule has 110 valence electrons. The molecular weight excluding hydrogens is 260 g/mol. The van der Waals surface area contributed by atoms with E-state index < -0.39 is 0 Å². The molecule has 1 aromatic heterocycles. The normalized spacial score (nSPS) is 29.7. The molecule has 4 nitrogen and oxygen atoms in total. The molecule has 3 saturated heterocycles. The largest absolute Gasteiger partial charge is 0.312 e. The Hall–Kier alpha value is -1.49. The summed E-state index contributed by atoms with van der Waals surface area (Å²) >= 11 is 0. The van der Waals surface area contributed by atoms with Gasteiger partial charge in [-0.15, -0.1) is 0 Å². The first-order valence-electron chi connectivity index (χ1n) is 7.83. The Labute approximate surface area is 125 Å². The predicted molar refractivity (Wildman–Crippen MR) is 85.3 cm³/mol. The molecule has 1 N–H and O–H groups in total. The second-order valence-corrected chi connectivity index (χ2v) is 6.11. The molecule has 2 atom stereocenters. The van der Waals surface area contributed by atoms with Gasteiger partial charge in [0.1, 0.15) is 0 Å². The molecule has 0 radical (unpaired) electrons. The Morgan fingerprint density at radius 1 is 1.19 bits per heavy atom. The highest BCUT2D eigenvalue weighted by molar-refractivity contribution is 5.85. The standard InChI is InChI=1S/C17H22N4/c1-18-17(16-12-20-7-9-21(16)10-8-20)15-4-2-3-13-11-19-6-5-14(13)15/h2-6,11,16-18H,7-10,12H2,1H3. The van der Waals surface area contributed by atoms with E-state index in [0.717, 1.165) is 0 Å². The molecule has 3 aliphatic heterocycles. The molecule has 21 heavy (non-hydrogen) atoms. The summed E-state index contributed by atoms with van der Waals surface area (Å²) in [6, 6.07) is 9.65. The number of piperazine rings is 3. The second kappa shape index (κ2) is 5.37. The summed E-state index contributed by atoms with van der Waals surface area (Å²) in [5.74, 6) is 0. The lowest BCUT2D eigenvalue weighted by Crippen LogP contribution is -2.63. The zero-order valence-electron chi connectivity index (χ0n) is 12.5. The Balaban J connectivity index is 1.75. The van der Waals surface area contributed by atoms with Crippen molar-refractivity contribution >= 4 is 10.8 Å². The van der Waals surface area contributed by atoms with Crippen LogP contribution in [0.5, 0.6) is 0 Å². The fourth-order valence-corrected chi connectivity index (χ4v) is 3.95. The Kier molecular flexibility index (Phi) is 3.37. The van der Waals surface area contributed by atoms with Gasteiger partial charge in [0.2, 0.25) is 0 Å². The van der Waals surface area contributed by atoms with Crippen molar-refractivity contribution in [2.75, 3.05) is 39.8 Å². The predicted octanol–water partition coefficient (Wildman–Crippen LogP) is 1.50. The van der Waals surface area contributed by atoms with Crippen LogP contribution in [0.1, 0.15) is 11.6 Å². The molecule has 0 spiro atoms. The van der Waals surface area contributed by atoms with Crippen LogP contribution in [-0.2, 0) is 0 Å². The fraction of sp³-hybridized carbons (Fsp3) is 0.471. The monoisotopic (exact) mass is 282 g/mol.